The quantitative estimate of drug-likeness (QED) is 0.100. The van der Waals surface area contributed by atoms with Gasteiger partial charge in [-0.05, 0) is 77.8 Å². The first-order valence-corrected chi connectivity index (χ1v) is 22.6. The van der Waals surface area contributed by atoms with Gasteiger partial charge in [0.2, 0.25) is 0 Å². The number of allylic oxidation sites excluding steroid dienone is 8. The van der Waals surface area contributed by atoms with Crippen LogP contribution in [-0.4, -0.2) is 11.6 Å². The van der Waals surface area contributed by atoms with Gasteiger partial charge in [0.15, 0.2) is 11.6 Å². The number of Topliss-reactive ketones (excluding diaryl/α,β-unsaturated/α-hetero) is 2. The minimum absolute atomic E-state index is 0.0342. The molecule has 2 saturated carbocycles. The minimum atomic E-state index is -0.269. The summed E-state index contributed by atoms with van der Waals surface area (Å²) in [7, 11) is 0. The zero-order chi connectivity index (χ0) is 40.2. The van der Waals surface area contributed by atoms with E-state index >= 15 is 0 Å². The predicted octanol–water partition coefficient (Wildman–Crippen LogP) is 12.9. The number of fused-ring (bicyclic) bond motifs is 12. The maximum Gasteiger partial charge on any atom is 0.270 e. The summed E-state index contributed by atoms with van der Waals surface area (Å²) in [5.74, 6) is -0.291. The van der Waals surface area contributed by atoms with Crippen LogP contribution in [0.2, 0.25) is 0 Å². The maximum absolute atomic E-state index is 14.2. The van der Waals surface area contributed by atoms with Crippen molar-refractivity contribution in [3.8, 4) is 28.0 Å². The minimum Gasteiger partial charge on any atom is -0.289 e. The summed E-state index contributed by atoms with van der Waals surface area (Å²) in [5.41, 5.74) is 9.05. The third kappa shape index (κ3) is 4.79. The molecule has 3 heterocycles. The summed E-state index contributed by atoms with van der Waals surface area (Å²) < 4.78 is 2.47. The molecule has 2 spiro atoms. The van der Waals surface area contributed by atoms with Gasteiger partial charge in [-0.15, -0.1) is 34.0 Å². The lowest BCUT2D eigenvalue weighted by Crippen LogP contribution is -2.35. The fraction of sp³-hybridized carbons (Fsp3) is 0.240. The van der Waals surface area contributed by atoms with E-state index in [1.807, 2.05) is 77.3 Å². The van der Waals surface area contributed by atoms with E-state index in [4.69, 9.17) is 6.57 Å². The molecule has 11 rings (SSSR count). The molecule has 6 aliphatic carbocycles. The number of rotatable bonds is 2. The Balaban J connectivity index is 1.07. The zero-order valence-corrected chi connectivity index (χ0v) is 34.3. The molecule has 0 amide bonds. The lowest BCUT2D eigenvalue weighted by molar-refractivity contribution is 0.103. The van der Waals surface area contributed by atoms with Gasteiger partial charge in [-0.1, -0.05) is 87.1 Å². The third-order valence-corrected chi connectivity index (χ3v) is 17.3. The summed E-state index contributed by atoms with van der Waals surface area (Å²) in [6.45, 7) is 7.74. The zero-order valence-electron chi connectivity index (χ0n) is 31.8. The van der Waals surface area contributed by atoms with Crippen LogP contribution in [0, 0.1) is 40.6 Å². The summed E-state index contributed by atoms with van der Waals surface area (Å²) in [6.07, 6.45) is 17.2. The first kappa shape index (κ1) is 35.9. The molecule has 59 heavy (non-hydrogen) atoms. The molecule has 6 aliphatic rings. The van der Waals surface area contributed by atoms with E-state index in [1.54, 1.807) is 23.5 Å². The predicted molar refractivity (Wildman–Crippen MR) is 235 cm³/mol. The standard InChI is InChI=1S/C50H32N4O2S3/c1-54-36(26-53)40-31-13-5-7-15-33(31)45(56)35(40)22-29-23-38-46(57-29)43-48(59-38)47-42(50(43)18-10-3-11-19-50)41-37(58-47)21-28(49(41)16-8-2-9-17-49)20-34-39(27(24-51)25-52)30-12-4-6-14-32(30)44(34)55/h4-7,12-15,20-23H,2-3,8-11,16-19H2/b34-20-,35-22+,40-36?. The topological polar surface area (TPSA) is 110 Å². The molecule has 9 heteroatoms. The average Bonchev–Trinajstić information content (AvgIpc) is 4.12. The van der Waals surface area contributed by atoms with Crippen LogP contribution in [0.1, 0.15) is 122 Å². The molecule has 0 bridgehead atoms. The van der Waals surface area contributed by atoms with Crippen LogP contribution in [0.15, 0.2) is 88.7 Å². The van der Waals surface area contributed by atoms with E-state index < -0.39 is 0 Å². The second kappa shape index (κ2) is 13.2. The number of nitrogens with zero attached hydrogens (tertiary/aromatic N) is 4. The number of hydrogen-bond donors (Lipinski definition) is 0. The Labute approximate surface area is 353 Å². The number of ketones is 2. The average molecular weight is 817 g/mol. The van der Waals surface area contributed by atoms with Crippen molar-refractivity contribution in [2.24, 2.45) is 0 Å². The van der Waals surface area contributed by atoms with Crippen molar-refractivity contribution in [3.63, 3.8) is 0 Å². The van der Waals surface area contributed by atoms with Crippen molar-refractivity contribution in [1.82, 2.24) is 0 Å². The Morgan fingerprint density at radius 3 is 1.85 bits per heavy atom. The highest BCUT2D eigenvalue weighted by molar-refractivity contribution is 7.32. The Morgan fingerprint density at radius 1 is 0.661 bits per heavy atom. The van der Waals surface area contributed by atoms with E-state index in [1.165, 1.54) is 53.6 Å². The Hall–Kier alpha value is -6.20. The van der Waals surface area contributed by atoms with E-state index in [0.29, 0.717) is 44.5 Å². The first-order chi connectivity index (χ1) is 28.9. The molecule has 0 N–H and O–H groups in total. The molecule has 0 atom stereocenters. The smallest absolute Gasteiger partial charge is 0.270 e. The van der Waals surface area contributed by atoms with E-state index in [2.05, 4.69) is 29.1 Å². The Bertz CT molecular complexity index is 3120. The van der Waals surface area contributed by atoms with Gasteiger partial charge >= 0.3 is 0 Å². The monoisotopic (exact) mass is 816 g/mol. The van der Waals surface area contributed by atoms with Crippen LogP contribution in [0.25, 0.3) is 47.3 Å². The molecule has 0 radical (unpaired) electrons. The van der Waals surface area contributed by atoms with Gasteiger partial charge in [-0.2, -0.15) is 10.5 Å². The van der Waals surface area contributed by atoms with Crippen LogP contribution in [-0.2, 0) is 10.8 Å². The van der Waals surface area contributed by atoms with Gasteiger partial charge in [-0.3, -0.25) is 9.59 Å². The molecule has 0 saturated heterocycles. The second-order valence-corrected chi connectivity index (χ2v) is 19.6. The van der Waals surface area contributed by atoms with Crippen molar-refractivity contribution < 1.29 is 9.59 Å². The molecule has 2 fully saturated rings. The molecular weight excluding hydrogens is 785 g/mol. The summed E-state index contributed by atoms with van der Waals surface area (Å²) >= 11 is 5.46. The summed E-state index contributed by atoms with van der Waals surface area (Å²) in [6, 6.07) is 23.0. The fourth-order valence-corrected chi connectivity index (χ4v) is 15.7. The molecule has 3 aromatic heterocycles. The molecule has 6 nitrogen and oxygen atoms in total. The van der Waals surface area contributed by atoms with Gasteiger partial charge in [-0.25, -0.2) is 10.1 Å². The molecular formula is C50H32N4O2S3. The van der Waals surface area contributed by atoms with E-state index in [9.17, 15) is 25.4 Å². The molecule has 2 aromatic carbocycles. The second-order valence-electron chi connectivity index (χ2n) is 16.4. The number of carbonyl (C=O) groups is 2. The van der Waals surface area contributed by atoms with Crippen molar-refractivity contribution >= 4 is 78.3 Å². The van der Waals surface area contributed by atoms with Gasteiger partial charge in [0.25, 0.3) is 5.70 Å². The number of hydrogen-bond acceptors (Lipinski definition) is 8. The highest BCUT2D eigenvalue weighted by atomic mass is 32.1. The van der Waals surface area contributed by atoms with E-state index in [-0.39, 0.29) is 33.7 Å². The van der Waals surface area contributed by atoms with Crippen molar-refractivity contribution in [3.05, 3.63) is 149 Å². The molecule has 282 valence electrons. The fourth-order valence-electron chi connectivity index (χ4n) is 11.3. The van der Waals surface area contributed by atoms with Gasteiger partial charge in [0.1, 0.15) is 17.7 Å². The molecule has 0 aliphatic heterocycles. The van der Waals surface area contributed by atoms with Crippen LogP contribution in [0.4, 0.5) is 0 Å². The van der Waals surface area contributed by atoms with Crippen LogP contribution >= 0.6 is 34.0 Å². The van der Waals surface area contributed by atoms with Gasteiger partial charge < -0.3 is 0 Å². The van der Waals surface area contributed by atoms with Crippen molar-refractivity contribution in [1.29, 1.82) is 15.8 Å². The molecule has 5 aromatic rings. The van der Waals surface area contributed by atoms with Crippen molar-refractivity contribution in [2.45, 2.75) is 75.0 Å². The van der Waals surface area contributed by atoms with Crippen LogP contribution in [0.3, 0.4) is 0 Å². The van der Waals surface area contributed by atoms with Crippen molar-refractivity contribution in [2.75, 3.05) is 0 Å². The highest BCUT2D eigenvalue weighted by Crippen LogP contribution is 2.69. The number of thiophene rings is 3. The number of benzene rings is 2. The SMILES string of the molecule is [C-]#[N+]C(C#N)=C1/C(=C\c2cc3sc4c(c3s2)C2(CCCCC2)c2c-4sc3c2C2(CCCCC2)C(/C=C2\C(=O)c4ccccc4C2=C(C#N)C#N)=C3)C(=O)c2ccccc21. The lowest BCUT2D eigenvalue weighted by Gasteiger charge is -2.42. The van der Waals surface area contributed by atoms with Crippen LogP contribution in [0.5, 0.6) is 0 Å². The number of carbonyl (C=O) groups excluding carboxylic acids is 2. The largest absolute Gasteiger partial charge is 0.289 e. The Kier molecular flexibility index (Phi) is 8.01. The van der Waals surface area contributed by atoms with E-state index in [0.717, 1.165) is 61.8 Å². The normalized spacial score (nSPS) is 21.2. The first-order valence-electron chi connectivity index (χ1n) is 20.1. The maximum atomic E-state index is 14.2. The highest BCUT2D eigenvalue weighted by Gasteiger charge is 2.55. The van der Waals surface area contributed by atoms with Crippen LogP contribution < -0.4 is 0 Å². The summed E-state index contributed by atoms with van der Waals surface area (Å²) in [5, 5.41) is 30.1. The lowest BCUT2D eigenvalue weighted by atomic mass is 9.61. The van der Waals surface area contributed by atoms with Gasteiger partial charge in [0.05, 0.1) is 22.2 Å². The number of nitriles is 3. The summed E-state index contributed by atoms with van der Waals surface area (Å²) in [4.78, 5) is 36.5. The third-order valence-electron chi connectivity index (χ3n) is 13.6. The Morgan fingerprint density at radius 2 is 1.24 bits per heavy atom. The molecule has 0 unspecified atom stereocenters. The van der Waals surface area contributed by atoms with Gasteiger partial charge in [0, 0.05) is 69.1 Å².